The molecule has 0 atom stereocenters. The maximum Gasteiger partial charge on any atom is 0.346 e. The van der Waals surface area contributed by atoms with Crippen molar-refractivity contribution >= 4 is 52.3 Å². The molecule has 0 fully saturated rings. The van der Waals surface area contributed by atoms with Crippen LogP contribution in [0.1, 0.15) is 47.9 Å². The first kappa shape index (κ1) is 21.1. The molecule has 0 spiro atoms. The van der Waals surface area contributed by atoms with E-state index in [1.807, 2.05) is 54.6 Å². The summed E-state index contributed by atoms with van der Waals surface area (Å²) in [6.07, 6.45) is -0.114. The van der Waals surface area contributed by atoms with Crippen molar-refractivity contribution in [2.24, 2.45) is 0 Å². The standard InChI is InChI=1S/C29H18O5Si/c30-26-17-27(31)24-15-20(11-13-22(24)26)35(18-7-3-1-4-8-18,19-9-5-2-6-10-19)21-12-14-23-25(16-21)29(33)34-28(23)32/h1-16H,17H2. The normalized spacial score (nSPS) is 14.6. The Hall–Kier alpha value is -4.42. The number of hydrogen-bond donors (Lipinski definition) is 0. The van der Waals surface area contributed by atoms with Crippen LogP contribution >= 0.6 is 0 Å². The number of esters is 2. The number of ether oxygens (including phenoxy) is 1. The second-order valence-electron chi connectivity index (χ2n) is 8.70. The number of Topliss-reactive ketones (excluding diaryl/α,β-unsaturated/α-hetero) is 2. The molecule has 0 saturated heterocycles. The summed E-state index contributed by atoms with van der Waals surface area (Å²) < 4.78 is 4.86. The Labute approximate surface area is 202 Å². The number of ketones is 2. The molecule has 0 amide bonds. The van der Waals surface area contributed by atoms with Crippen LogP contribution in [0.4, 0.5) is 0 Å². The number of fused-ring (bicyclic) bond motifs is 2. The van der Waals surface area contributed by atoms with Crippen molar-refractivity contribution in [2.45, 2.75) is 6.42 Å². The van der Waals surface area contributed by atoms with Gasteiger partial charge in [-0.05, 0) is 32.9 Å². The molecule has 0 N–H and O–H groups in total. The second kappa shape index (κ2) is 7.82. The van der Waals surface area contributed by atoms with Crippen molar-refractivity contribution in [1.29, 1.82) is 0 Å². The van der Waals surface area contributed by atoms with Crippen LogP contribution in [0.5, 0.6) is 0 Å². The van der Waals surface area contributed by atoms with Crippen LogP contribution in [-0.4, -0.2) is 31.6 Å². The Kier molecular flexibility index (Phi) is 4.72. The van der Waals surface area contributed by atoms with Crippen LogP contribution < -0.4 is 20.7 Å². The van der Waals surface area contributed by atoms with E-state index in [2.05, 4.69) is 24.3 Å². The number of rotatable bonds is 4. The van der Waals surface area contributed by atoms with E-state index in [1.54, 1.807) is 18.2 Å². The van der Waals surface area contributed by atoms with Gasteiger partial charge in [0.25, 0.3) is 0 Å². The molecule has 4 aromatic rings. The molecule has 6 rings (SSSR count). The summed E-state index contributed by atoms with van der Waals surface area (Å²) in [4.78, 5) is 49.7. The molecular formula is C29H18O5Si. The molecule has 0 bridgehead atoms. The lowest BCUT2D eigenvalue weighted by molar-refractivity contribution is 0.0443. The van der Waals surface area contributed by atoms with Gasteiger partial charge in [0, 0.05) is 11.1 Å². The maximum atomic E-state index is 12.7. The van der Waals surface area contributed by atoms with Gasteiger partial charge in [-0.2, -0.15) is 0 Å². The highest BCUT2D eigenvalue weighted by Crippen LogP contribution is 2.24. The van der Waals surface area contributed by atoms with Crippen molar-refractivity contribution in [3.63, 3.8) is 0 Å². The molecule has 1 aliphatic heterocycles. The predicted molar refractivity (Wildman–Crippen MR) is 133 cm³/mol. The minimum atomic E-state index is -3.07. The Morgan fingerprint density at radius 1 is 0.486 bits per heavy atom. The van der Waals surface area contributed by atoms with Crippen LogP contribution in [0.25, 0.3) is 0 Å². The molecular weight excluding hydrogens is 456 g/mol. The van der Waals surface area contributed by atoms with Gasteiger partial charge in [-0.15, -0.1) is 0 Å². The van der Waals surface area contributed by atoms with Crippen LogP contribution in [0.15, 0.2) is 97.1 Å². The summed E-state index contributed by atoms with van der Waals surface area (Å²) in [5, 5.41) is 3.87. The molecule has 4 aromatic carbocycles. The van der Waals surface area contributed by atoms with Crippen LogP contribution in [-0.2, 0) is 4.74 Å². The van der Waals surface area contributed by atoms with E-state index >= 15 is 0 Å². The van der Waals surface area contributed by atoms with Crippen molar-refractivity contribution < 1.29 is 23.9 Å². The van der Waals surface area contributed by atoms with E-state index < -0.39 is 20.0 Å². The van der Waals surface area contributed by atoms with Gasteiger partial charge in [-0.25, -0.2) is 9.59 Å². The van der Waals surface area contributed by atoms with Gasteiger partial charge >= 0.3 is 11.9 Å². The number of cyclic esters (lactones) is 2. The number of hydrogen-bond acceptors (Lipinski definition) is 5. The lowest BCUT2D eigenvalue weighted by Gasteiger charge is -2.34. The smallest absolute Gasteiger partial charge is 0.346 e. The summed E-state index contributed by atoms with van der Waals surface area (Å²) in [6, 6.07) is 30.8. The van der Waals surface area contributed by atoms with Gasteiger partial charge in [0.2, 0.25) is 0 Å². The maximum absolute atomic E-state index is 12.7. The Morgan fingerprint density at radius 3 is 1.57 bits per heavy atom. The van der Waals surface area contributed by atoms with Crippen molar-refractivity contribution in [3.8, 4) is 0 Å². The molecule has 0 unspecified atom stereocenters. The van der Waals surface area contributed by atoms with E-state index in [0.29, 0.717) is 11.1 Å². The summed E-state index contributed by atoms with van der Waals surface area (Å²) in [5.74, 6) is -1.66. The van der Waals surface area contributed by atoms with Gasteiger partial charge < -0.3 is 4.74 Å². The highest BCUT2D eigenvalue weighted by molar-refractivity contribution is 7.20. The topological polar surface area (TPSA) is 77.5 Å². The first-order valence-corrected chi connectivity index (χ1v) is 13.2. The fourth-order valence-corrected chi connectivity index (χ4v) is 10.1. The highest BCUT2D eigenvalue weighted by atomic mass is 28.3. The number of benzene rings is 4. The summed E-state index contributed by atoms with van der Waals surface area (Å²) >= 11 is 0. The molecule has 6 heteroatoms. The first-order chi connectivity index (χ1) is 17.0. The lowest BCUT2D eigenvalue weighted by Crippen LogP contribution is -2.74. The zero-order valence-corrected chi connectivity index (χ0v) is 19.5. The third-order valence-corrected chi connectivity index (χ3v) is 11.6. The van der Waals surface area contributed by atoms with E-state index in [0.717, 1.165) is 20.7 Å². The quantitative estimate of drug-likeness (QED) is 0.196. The van der Waals surface area contributed by atoms with Gasteiger partial charge in [0.1, 0.15) is 0 Å². The van der Waals surface area contributed by atoms with Crippen LogP contribution in [0, 0.1) is 0 Å². The monoisotopic (exact) mass is 474 g/mol. The predicted octanol–water partition coefficient (Wildman–Crippen LogP) is 2.14. The molecule has 1 aliphatic carbocycles. The van der Waals surface area contributed by atoms with Gasteiger partial charge in [-0.3, -0.25) is 9.59 Å². The average Bonchev–Trinajstić information content (AvgIpc) is 3.34. The van der Waals surface area contributed by atoms with Crippen molar-refractivity contribution in [3.05, 3.63) is 119 Å². The fraction of sp³-hybridized carbons (Fsp3) is 0.0345. The molecule has 2 aliphatic rings. The highest BCUT2D eigenvalue weighted by Gasteiger charge is 2.44. The van der Waals surface area contributed by atoms with E-state index in [9.17, 15) is 19.2 Å². The molecule has 5 nitrogen and oxygen atoms in total. The van der Waals surface area contributed by atoms with Gasteiger partial charge in [0.15, 0.2) is 19.6 Å². The average molecular weight is 475 g/mol. The third kappa shape index (κ3) is 3.07. The Balaban J connectivity index is 1.73. The summed E-state index contributed by atoms with van der Waals surface area (Å²) in [5.41, 5.74) is 1.37. The van der Waals surface area contributed by atoms with E-state index in [4.69, 9.17) is 4.74 Å². The molecule has 168 valence electrons. The molecule has 35 heavy (non-hydrogen) atoms. The molecule has 1 heterocycles. The summed E-state index contributed by atoms with van der Waals surface area (Å²) in [7, 11) is -3.07. The van der Waals surface area contributed by atoms with Crippen LogP contribution in [0.3, 0.4) is 0 Å². The lowest BCUT2D eigenvalue weighted by atomic mass is 10.1. The zero-order valence-electron chi connectivity index (χ0n) is 18.5. The van der Waals surface area contributed by atoms with Crippen molar-refractivity contribution in [1.82, 2.24) is 0 Å². The second-order valence-corrected chi connectivity index (χ2v) is 12.5. The van der Waals surface area contributed by atoms with Gasteiger partial charge in [0.05, 0.1) is 17.5 Å². The Morgan fingerprint density at radius 2 is 0.971 bits per heavy atom. The minimum Gasteiger partial charge on any atom is -0.386 e. The first-order valence-electron chi connectivity index (χ1n) is 11.2. The SMILES string of the molecule is O=C1CC(=O)c2cc([Si](c3ccccc3)(c3ccccc3)c3ccc4c(c3)C(=O)OC4=O)ccc21. The van der Waals surface area contributed by atoms with E-state index in [1.165, 1.54) is 0 Å². The molecule has 0 aromatic heterocycles. The van der Waals surface area contributed by atoms with Crippen molar-refractivity contribution in [2.75, 3.05) is 0 Å². The third-order valence-electron chi connectivity index (χ3n) is 6.87. The zero-order chi connectivity index (χ0) is 24.2. The minimum absolute atomic E-state index is 0.114. The Bertz CT molecular complexity index is 1440. The number of carbonyl (C=O) groups excluding carboxylic acids is 4. The molecule has 0 saturated carbocycles. The largest absolute Gasteiger partial charge is 0.386 e. The van der Waals surface area contributed by atoms with Crippen LogP contribution in [0.2, 0.25) is 0 Å². The van der Waals surface area contributed by atoms with Gasteiger partial charge in [-0.1, -0.05) is 84.9 Å². The number of carbonyl (C=O) groups is 4. The fourth-order valence-electron chi connectivity index (χ4n) is 5.28. The molecule has 0 radical (unpaired) electrons. The summed E-state index contributed by atoms with van der Waals surface area (Å²) in [6.45, 7) is 0. The van der Waals surface area contributed by atoms with E-state index in [-0.39, 0.29) is 29.1 Å².